The molecule has 0 aliphatic carbocycles. The third-order valence-corrected chi connectivity index (χ3v) is 3.99. The number of allylic oxidation sites excluding steroid dienone is 1. The van der Waals surface area contributed by atoms with Crippen LogP contribution in [-0.4, -0.2) is 38.9 Å². The lowest BCUT2D eigenvalue weighted by Crippen LogP contribution is -2.45. The van der Waals surface area contributed by atoms with Gasteiger partial charge in [0.05, 0.1) is 24.8 Å². The number of urea groups is 1. The number of nitrogens with one attached hydrogen (secondary N) is 2. The molecule has 0 aromatic heterocycles. The quantitative estimate of drug-likeness (QED) is 0.521. The van der Waals surface area contributed by atoms with E-state index in [4.69, 9.17) is 14.2 Å². The van der Waals surface area contributed by atoms with Gasteiger partial charge in [-0.2, -0.15) is 0 Å². The van der Waals surface area contributed by atoms with E-state index in [1.54, 1.807) is 6.92 Å². The zero-order valence-electron chi connectivity index (χ0n) is 15.5. The summed E-state index contributed by atoms with van der Waals surface area (Å²) in [5, 5.41) is 5.39. The highest BCUT2D eigenvalue weighted by Crippen LogP contribution is 2.28. The Hall–Kier alpha value is -2.54. The number of benzene rings is 1. The van der Waals surface area contributed by atoms with Crippen LogP contribution in [0.3, 0.4) is 0 Å². The number of hydrogen-bond donors (Lipinski definition) is 2. The molecule has 0 bridgehead atoms. The number of esters is 1. The second-order valence-electron chi connectivity index (χ2n) is 5.97. The summed E-state index contributed by atoms with van der Waals surface area (Å²) < 4.78 is 15.8. The monoisotopic (exact) mass is 362 g/mol. The number of methoxy groups -OCH3 is 1. The molecule has 0 unspecified atom stereocenters. The molecule has 1 atom stereocenters. The topological polar surface area (TPSA) is 85.9 Å². The highest BCUT2D eigenvalue weighted by molar-refractivity contribution is 5.95. The Kier molecular flexibility index (Phi) is 7.47. The van der Waals surface area contributed by atoms with E-state index in [0.29, 0.717) is 24.5 Å². The fraction of sp³-hybridized carbons (Fsp3) is 0.474. The van der Waals surface area contributed by atoms with Crippen LogP contribution in [0.15, 0.2) is 35.5 Å². The highest BCUT2D eigenvalue weighted by Gasteiger charge is 2.32. The molecule has 0 saturated carbocycles. The van der Waals surface area contributed by atoms with Crippen molar-refractivity contribution < 1.29 is 23.8 Å². The summed E-state index contributed by atoms with van der Waals surface area (Å²) in [5.74, 6) is 0.271. The average molecular weight is 362 g/mol. The minimum atomic E-state index is -0.580. The van der Waals surface area contributed by atoms with Crippen molar-refractivity contribution in [3.05, 3.63) is 41.1 Å². The summed E-state index contributed by atoms with van der Waals surface area (Å²) in [7, 11) is 1.54. The zero-order chi connectivity index (χ0) is 18.9. The van der Waals surface area contributed by atoms with Crippen LogP contribution in [0.2, 0.25) is 0 Å². The zero-order valence-corrected chi connectivity index (χ0v) is 15.5. The molecule has 142 valence electrons. The van der Waals surface area contributed by atoms with Gasteiger partial charge in [-0.05, 0) is 31.0 Å². The summed E-state index contributed by atoms with van der Waals surface area (Å²) in [6.45, 7) is 4.91. The van der Waals surface area contributed by atoms with Crippen molar-refractivity contribution in [2.45, 2.75) is 32.7 Å². The molecule has 0 fully saturated rings. The van der Waals surface area contributed by atoms with Crippen LogP contribution in [0.25, 0.3) is 0 Å². The number of carbonyl (C=O) groups excluding carboxylic acids is 2. The maximum absolute atomic E-state index is 12.5. The van der Waals surface area contributed by atoms with Gasteiger partial charge >= 0.3 is 12.0 Å². The van der Waals surface area contributed by atoms with Gasteiger partial charge in [-0.25, -0.2) is 9.59 Å². The van der Waals surface area contributed by atoms with E-state index in [9.17, 15) is 9.59 Å². The van der Waals surface area contributed by atoms with Crippen molar-refractivity contribution in [1.82, 2.24) is 10.6 Å². The first-order chi connectivity index (χ1) is 12.6. The van der Waals surface area contributed by atoms with Crippen LogP contribution in [0.1, 0.15) is 38.3 Å². The molecule has 0 saturated heterocycles. The number of carbonyl (C=O) groups is 2. The average Bonchev–Trinajstić information content (AvgIpc) is 2.62. The van der Waals surface area contributed by atoms with Crippen LogP contribution < -0.4 is 15.4 Å². The molecule has 26 heavy (non-hydrogen) atoms. The summed E-state index contributed by atoms with van der Waals surface area (Å²) >= 11 is 0. The Morgan fingerprint density at radius 1 is 1.15 bits per heavy atom. The maximum atomic E-state index is 12.5. The minimum Gasteiger partial charge on any atom is -0.494 e. The molecule has 1 aliphatic rings. The number of rotatable bonds is 9. The molecule has 7 heteroatoms. The lowest BCUT2D eigenvalue weighted by atomic mass is 9.95. The van der Waals surface area contributed by atoms with Gasteiger partial charge in [0.25, 0.3) is 0 Å². The molecule has 1 aromatic rings. The molecule has 2 N–H and O–H groups in total. The van der Waals surface area contributed by atoms with Crippen LogP contribution in [0.4, 0.5) is 4.79 Å². The van der Waals surface area contributed by atoms with Gasteiger partial charge in [-0.3, -0.25) is 0 Å². The third kappa shape index (κ3) is 5.23. The first kappa shape index (κ1) is 19.8. The second kappa shape index (κ2) is 9.82. The third-order valence-electron chi connectivity index (χ3n) is 3.99. The second-order valence-corrected chi connectivity index (χ2v) is 5.97. The standard InChI is InChI=1S/C19H26N2O5/c1-4-5-10-25-15-8-6-14(7-9-15)17-16(13(2)20-19(23)21-17)18(22)26-12-11-24-3/h6-9,17H,4-5,10-12H2,1-3H3,(H2,20,21,23)/t17-/m1/s1. The Morgan fingerprint density at radius 3 is 2.54 bits per heavy atom. The van der Waals surface area contributed by atoms with Gasteiger partial charge in [-0.15, -0.1) is 0 Å². The Bertz CT molecular complexity index is 654. The molecule has 7 nitrogen and oxygen atoms in total. The SMILES string of the molecule is CCCCOc1ccc([C@H]2NC(=O)NC(C)=C2C(=O)OCCOC)cc1. The predicted molar refractivity (Wildman–Crippen MR) is 96.8 cm³/mol. The fourth-order valence-corrected chi connectivity index (χ4v) is 2.60. The van der Waals surface area contributed by atoms with E-state index in [1.165, 1.54) is 7.11 Å². The summed E-state index contributed by atoms with van der Waals surface area (Å²) in [5.41, 5.74) is 1.63. The lowest BCUT2D eigenvalue weighted by molar-refractivity contribution is -0.140. The van der Waals surface area contributed by atoms with Crippen LogP contribution >= 0.6 is 0 Å². The molecular formula is C19H26N2O5. The van der Waals surface area contributed by atoms with E-state index < -0.39 is 12.0 Å². The van der Waals surface area contributed by atoms with Gasteiger partial charge in [0, 0.05) is 12.8 Å². The first-order valence-corrected chi connectivity index (χ1v) is 8.74. The minimum absolute atomic E-state index is 0.150. The van der Waals surface area contributed by atoms with Gasteiger partial charge in [0.2, 0.25) is 0 Å². The van der Waals surface area contributed by atoms with Crippen molar-refractivity contribution >= 4 is 12.0 Å². The van der Waals surface area contributed by atoms with Gasteiger partial charge in [-0.1, -0.05) is 25.5 Å². The normalized spacial score (nSPS) is 16.7. The van der Waals surface area contributed by atoms with Gasteiger partial charge in [0.1, 0.15) is 12.4 Å². The maximum Gasteiger partial charge on any atom is 0.338 e. The number of hydrogen-bond acceptors (Lipinski definition) is 5. The fourth-order valence-electron chi connectivity index (χ4n) is 2.60. The molecule has 1 aliphatic heterocycles. The summed E-state index contributed by atoms with van der Waals surface area (Å²) in [4.78, 5) is 24.3. The van der Waals surface area contributed by atoms with Crippen LogP contribution in [-0.2, 0) is 14.3 Å². The van der Waals surface area contributed by atoms with Crippen molar-refractivity contribution in [1.29, 1.82) is 0 Å². The lowest BCUT2D eigenvalue weighted by Gasteiger charge is -2.28. The smallest absolute Gasteiger partial charge is 0.338 e. The number of amides is 2. The molecule has 0 spiro atoms. The summed E-state index contributed by atoms with van der Waals surface area (Å²) in [6.07, 6.45) is 2.06. The van der Waals surface area contributed by atoms with Gasteiger partial charge < -0.3 is 24.8 Å². The molecule has 2 rings (SSSR count). The Labute approximate surface area is 153 Å². The molecule has 0 radical (unpaired) electrons. The van der Waals surface area contributed by atoms with Crippen LogP contribution in [0.5, 0.6) is 5.75 Å². The van der Waals surface area contributed by atoms with Crippen molar-refractivity contribution in [2.24, 2.45) is 0 Å². The van der Waals surface area contributed by atoms with E-state index in [-0.39, 0.29) is 12.6 Å². The molecule has 1 aromatic carbocycles. The van der Waals surface area contributed by atoms with Crippen molar-refractivity contribution in [2.75, 3.05) is 26.9 Å². The van der Waals surface area contributed by atoms with E-state index in [2.05, 4.69) is 17.6 Å². The van der Waals surface area contributed by atoms with Crippen LogP contribution in [0, 0.1) is 0 Å². The predicted octanol–water partition coefficient (Wildman–Crippen LogP) is 2.68. The highest BCUT2D eigenvalue weighted by atomic mass is 16.6. The Balaban J connectivity index is 2.17. The van der Waals surface area contributed by atoms with Crippen molar-refractivity contribution in [3.63, 3.8) is 0 Å². The first-order valence-electron chi connectivity index (χ1n) is 8.74. The van der Waals surface area contributed by atoms with E-state index in [1.807, 2.05) is 24.3 Å². The summed E-state index contributed by atoms with van der Waals surface area (Å²) in [6, 6.07) is 6.42. The van der Waals surface area contributed by atoms with E-state index >= 15 is 0 Å². The van der Waals surface area contributed by atoms with E-state index in [0.717, 1.165) is 24.2 Å². The molecular weight excluding hydrogens is 336 g/mol. The largest absolute Gasteiger partial charge is 0.494 e. The Morgan fingerprint density at radius 2 is 1.88 bits per heavy atom. The number of unbranched alkanes of at least 4 members (excludes halogenated alkanes) is 1. The van der Waals surface area contributed by atoms with Gasteiger partial charge in [0.15, 0.2) is 0 Å². The molecule has 1 heterocycles. The number of ether oxygens (including phenoxy) is 3. The molecule has 2 amide bonds. The van der Waals surface area contributed by atoms with Crippen molar-refractivity contribution in [3.8, 4) is 5.75 Å².